The molecule has 3 heterocycles. The molecule has 1 fully saturated rings. The minimum atomic E-state index is -4.69. The number of carbonyl (C=O) groups excluding carboxylic acids is 2. The number of amides is 2. The van der Waals surface area contributed by atoms with Crippen LogP contribution in [0.3, 0.4) is 0 Å². The third-order valence-corrected chi connectivity index (χ3v) is 5.16. The molecule has 2 atom stereocenters. The number of pyridine rings is 1. The highest BCUT2D eigenvalue weighted by Gasteiger charge is 2.41. The van der Waals surface area contributed by atoms with Crippen molar-refractivity contribution >= 4 is 12.0 Å². The summed E-state index contributed by atoms with van der Waals surface area (Å²) in [5.74, 6) is -2.47. The van der Waals surface area contributed by atoms with E-state index in [9.17, 15) is 27.2 Å². The molecule has 198 valence electrons. The largest absolute Gasteiger partial charge is 0.451 e. The van der Waals surface area contributed by atoms with E-state index in [0.29, 0.717) is 12.8 Å². The van der Waals surface area contributed by atoms with Crippen LogP contribution in [0, 0.1) is 5.82 Å². The summed E-state index contributed by atoms with van der Waals surface area (Å²) in [7, 11) is 0. The Bertz CT molecular complexity index is 1060. The zero-order valence-electron chi connectivity index (χ0n) is 21.1. The Morgan fingerprint density at radius 1 is 1.08 bits per heavy atom. The van der Waals surface area contributed by atoms with Gasteiger partial charge in [0.2, 0.25) is 11.7 Å². The third-order valence-electron chi connectivity index (χ3n) is 5.16. The van der Waals surface area contributed by atoms with Gasteiger partial charge in [0.25, 0.3) is 0 Å². The lowest BCUT2D eigenvalue weighted by atomic mass is 10.1. The zero-order chi connectivity index (χ0) is 27.3. The number of hydrogen-bond donors (Lipinski definition) is 1. The first-order valence-electron chi connectivity index (χ1n) is 11.6. The molecular weight excluding hydrogens is 482 g/mol. The van der Waals surface area contributed by atoms with E-state index in [2.05, 4.69) is 20.3 Å². The van der Waals surface area contributed by atoms with Crippen LogP contribution < -0.4 is 5.32 Å². The minimum absolute atomic E-state index is 0.0631. The molecule has 2 amide bonds. The lowest BCUT2D eigenvalue weighted by Gasteiger charge is -2.30. The van der Waals surface area contributed by atoms with E-state index < -0.39 is 41.5 Å². The molecule has 2 aromatic heterocycles. The van der Waals surface area contributed by atoms with Crippen LogP contribution in [0.15, 0.2) is 24.7 Å². The first-order valence-corrected chi connectivity index (χ1v) is 11.6. The van der Waals surface area contributed by atoms with Crippen molar-refractivity contribution in [3.63, 3.8) is 0 Å². The normalized spacial score (nSPS) is 17.8. The first kappa shape index (κ1) is 28.9. The van der Waals surface area contributed by atoms with Crippen LogP contribution in [-0.2, 0) is 22.3 Å². The molecule has 12 heteroatoms. The monoisotopic (exact) mass is 513 g/mol. The van der Waals surface area contributed by atoms with Crippen molar-refractivity contribution in [1.82, 2.24) is 25.2 Å². The van der Waals surface area contributed by atoms with Gasteiger partial charge in [-0.2, -0.15) is 13.2 Å². The quantitative estimate of drug-likeness (QED) is 0.570. The van der Waals surface area contributed by atoms with Crippen LogP contribution >= 0.6 is 0 Å². The van der Waals surface area contributed by atoms with Crippen LogP contribution in [0.1, 0.15) is 65.8 Å². The van der Waals surface area contributed by atoms with Crippen molar-refractivity contribution in [3.8, 4) is 11.3 Å². The van der Waals surface area contributed by atoms with E-state index in [1.54, 1.807) is 20.8 Å². The van der Waals surface area contributed by atoms with Gasteiger partial charge in [-0.15, -0.1) is 0 Å². The third kappa shape index (κ3) is 7.34. The molecule has 0 saturated carbocycles. The fourth-order valence-electron chi connectivity index (χ4n) is 3.54. The second kappa shape index (κ2) is 11.6. The second-order valence-electron chi connectivity index (χ2n) is 9.00. The molecule has 0 radical (unpaired) electrons. The van der Waals surface area contributed by atoms with Crippen LogP contribution in [0.2, 0.25) is 0 Å². The Hall–Kier alpha value is -3.31. The summed E-state index contributed by atoms with van der Waals surface area (Å²) in [5, 5.41) is 2.62. The zero-order valence-corrected chi connectivity index (χ0v) is 21.1. The number of alkyl halides is 3. The Kier molecular flexibility index (Phi) is 9.33. The maximum atomic E-state index is 14.3. The number of nitrogens with one attached hydrogen (secondary N) is 1. The predicted molar refractivity (Wildman–Crippen MR) is 124 cm³/mol. The van der Waals surface area contributed by atoms with Crippen molar-refractivity contribution in [1.29, 1.82) is 0 Å². The first-order chi connectivity index (χ1) is 16.8. The fraction of sp³-hybridized carbons (Fsp3) is 0.542. The van der Waals surface area contributed by atoms with E-state index in [1.807, 2.05) is 20.8 Å². The Morgan fingerprint density at radius 3 is 2.25 bits per heavy atom. The van der Waals surface area contributed by atoms with Crippen LogP contribution in [-0.4, -0.2) is 49.5 Å². The Balaban J connectivity index is 0.00000222. The second-order valence-corrected chi connectivity index (χ2v) is 9.00. The number of halogens is 4. The molecule has 1 aliphatic rings. The van der Waals surface area contributed by atoms with Crippen LogP contribution in [0.25, 0.3) is 11.3 Å². The maximum absolute atomic E-state index is 14.3. The average molecular weight is 514 g/mol. The summed E-state index contributed by atoms with van der Waals surface area (Å²) in [4.78, 5) is 37.2. The molecule has 3 rings (SSSR count). The number of ether oxygens (including phenoxy) is 1. The van der Waals surface area contributed by atoms with E-state index >= 15 is 0 Å². The van der Waals surface area contributed by atoms with Crippen LogP contribution in [0.4, 0.5) is 22.4 Å². The van der Waals surface area contributed by atoms with Gasteiger partial charge in [0.1, 0.15) is 17.5 Å². The molecule has 1 aliphatic heterocycles. The van der Waals surface area contributed by atoms with Crippen molar-refractivity contribution in [2.24, 2.45) is 0 Å². The van der Waals surface area contributed by atoms with Gasteiger partial charge in [0.15, 0.2) is 0 Å². The predicted octanol–water partition coefficient (Wildman–Crippen LogP) is 5.13. The summed E-state index contributed by atoms with van der Waals surface area (Å²) < 4.78 is 57.7. The molecule has 1 N–H and O–H groups in total. The van der Waals surface area contributed by atoms with Crippen molar-refractivity contribution < 1.29 is 31.9 Å². The molecule has 0 aromatic carbocycles. The van der Waals surface area contributed by atoms with E-state index in [1.165, 1.54) is 11.0 Å². The number of rotatable bonds is 4. The van der Waals surface area contributed by atoms with E-state index in [-0.39, 0.29) is 29.4 Å². The van der Waals surface area contributed by atoms with Crippen molar-refractivity contribution in [3.05, 3.63) is 41.9 Å². The van der Waals surface area contributed by atoms with Gasteiger partial charge >= 0.3 is 12.3 Å². The highest BCUT2D eigenvalue weighted by molar-refractivity contribution is 5.86. The SMILES string of the molecule is CC.CC1CCC(C(=O)NCc2cc(-c3cnc(C(F)(F)F)nc3)ncc2F)N1C(=O)OC(C)(C)C. The smallest absolute Gasteiger partial charge is 0.444 e. The van der Waals surface area contributed by atoms with E-state index in [0.717, 1.165) is 18.6 Å². The van der Waals surface area contributed by atoms with Gasteiger partial charge in [-0.3, -0.25) is 14.7 Å². The fourth-order valence-corrected chi connectivity index (χ4v) is 3.54. The summed E-state index contributed by atoms with van der Waals surface area (Å²) in [6.45, 7) is 10.8. The number of carbonyl (C=O) groups is 2. The topological polar surface area (TPSA) is 97.3 Å². The van der Waals surface area contributed by atoms with Gasteiger partial charge in [0.05, 0.1) is 11.9 Å². The standard InChI is InChI=1S/C22H25F4N5O3.C2H6/c1-12-5-6-17(31(12)20(33)34-21(2,3)4)18(32)28-8-13-7-16(27-11-15(13)23)14-9-29-19(30-10-14)22(24,25)26;1-2/h7,9-12,17H,5-6,8H2,1-4H3,(H,28,32);1-2H3. The summed E-state index contributed by atoms with van der Waals surface area (Å²) >= 11 is 0. The molecule has 36 heavy (non-hydrogen) atoms. The van der Waals surface area contributed by atoms with Gasteiger partial charge in [0, 0.05) is 36.1 Å². The molecule has 2 unspecified atom stereocenters. The molecule has 0 aliphatic carbocycles. The van der Waals surface area contributed by atoms with Crippen molar-refractivity contribution in [2.45, 2.75) is 84.8 Å². The van der Waals surface area contributed by atoms with Gasteiger partial charge in [-0.1, -0.05) is 13.8 Å². The Labute approximate surface area is 207 Å². The lowest BCUT2D eigenvalue weighted by molar-refractivity contribution is -0.145. The van der Waals surface area contributed by atoms with Crippen LogP contribution in [0.5, 0.6) is 0 Å². The molecule has 0 bridgehead atoms. The number of aromatic nitrogens is 3. The number of nitrogens with zero attached hydrogens (tertiary/aromatic N) is 4. The molecule has 8 nitrogen and oxygen atoms in total. The summed E-state index contributed by atoms with van der Waals surface area (Å²) in [5.41, 5.74) is -0.363. The number of likely N-dealkylation sites (tertiary alicyclic amines) is 1. The average Bonchev–Trinajstić information content (AvgIpc) is 3.20. The highest BCUT2D eigenvalue weighted by atomic mass is 19.4. The van der Waals surface area contributed by atoms with Gasteiger partial charge < -0.3 is 10.1 Å². The highest BCUT2D eigenvalue weighted by Crippen LogP contribution is 2.28. The maximum Gasteiger partial charge on any atom is 0.451 e. The summed E-state index contributed by atoms with van der Waals surface area (Å²) in [6, 6.07) is 0.330. The molecule has 1 saturated heterocycles. The van der Waals surface area contributed by atoms with Crippen molar-refractivity contribution in [2.75, 3.05) is 0 Å². The minimum Gasteiger partial charge on any atom is -0.444 e. The van der Waals surface area contributed by atoms with Gasteiger partial charge in [-0.05, 0) is 46.6 Å². The lowest BCUT2D eigenvalue weighted by Crippen LogP contribution is -2.49. The molecular formula is C24H31F4N5O3. The molecule has 0 spiro atoms. The summed E-state index contributed by atoms with van der Waals surface area (Å²) in [6.07, 6.45) is -1.46. The number of hydrogen-bond acceptors (Lipinski definition) is 6. The van der Waals surface area contributed by atoms with Gasteiger partial charge in [-0.25, -0.2) is 19.2 Å². The Morgan fingerprint density at radius 2 is 1.69 bits per heavy atom. The molecule has 2 aromatic rings. The van der Waals surface area contributed by atoms with E-state index in [4.69, 9.17) is 4.74 Å².